The molecular weight excluding hydrogens is 458 g/mol. The fourth-order valence-electron chi connectivity index (χ4n) is 4.02. The molecule has 0 unspecified atom stereocenters. The van der Waals surface area contributed by atoms with Crippen molar-refractivity contribution in [3.8, 4) is 0 Å². The Bertz CT molecular complexity index is 1190. The zero-order valence-corrected chi connectivity index (χ0v) is 18.7. The normalized spacial score (nSPS) is 16.7. The van der Waals surface area contributed by atoms with Crippen LogP contribution in [0.4, 0.5) is 5.82 Å². The molecule has 0 saturated carbocycles. The number of aromatic nitrogens is 1. The molecular formula is C25H21BrClN3. The molecule has 2 aliphatic rings. The van der Waals surface area contributed by atoms with Crippen LogP contribution < -0.4 is 4.90 Å². The predicted octanol–water partition coefficient (Wildman–Crippen LogP) is 6.30. The molecule has 0 fully saturated rings. The van der Waals surface area contributed by atoms with E-state index in [9.17, 15) is 0 Å². The van der Waals surface area contributed by atoms with Gasteiger partial charge in [0.15, 0.2) is 0 Å². The fourth-order valence-corrected chi connectivity index (χ4v) is 4.50. The Balaban J connectivity index is 1.49. The molecule has 1 aromatic heterocycles. The number of halogens is 2. The predicted molar refractivity (Wildman–Crippen MR) is 127 cm³/mol. The van der Waals surface area contributed by atoms with Gasteiger partial charge in [0, 0.05) is 53.6 Å². The molecule has 0 radical (unpaired) electrons. The molecule has 3 aromatic rings. The number of anilines is 1. The van der Waals surface area contributed by atoms with Gasteiger partial charge in [0.25, 0.3) is 0 Å². The summed E-state index contributed by atoms with van der Waals surface area (Å²) >= 11 is 9.67. The lowest BCUT2D eigenvalue weighted by Gasteiger charge is -2.35. The topological polar surface area (TPSA) is 19.4 Å². The van der Waals surface area contributed by atoms with Crippen molar-refractivity contribution < 1.29 is 1.37 Å². The van der Waals surface area contributed by atoms with E-state index in [-0.39, 0.29) is 0 Å². The van der Waals surface area contributed by atoms with Crippen LogP contribution in [0, 0.1) is 0 Å². The van der Waals surface area contributed by atoms with Crippen molar-refractivity contribution in [1.82, 2.24) is 9.88 Å². The van der Waals surface area contributed by atoms with Crippen LogP contribution in [-0.4, -0.2) is 23.0 Å². The van der Waals surface area contributed by atoms with Gasteiger partial charge in [-0.15, -0.1) is 0 Å². The molecule has 30 heavy (non-hydrogen) atoms. The Morgan fingerprint density at radius 3 is 2.73 bits per heavy atom. The SMILES string of the molecule is [2H]C1=C2CN(Cc3cccc(Cl)c3)CC=C2c2cccnc2N1Cc1ccc(Br)cc1. The quantitative estimate of drug-likeness (QED) is 0.438. The zero-order valence-electron chi connectivity index (χ0n) is 17.4. The van der Waals surface area contributed by atoms with Crippen LogP contribution in [0.2, 0.25) is 5.02 Å². The van der Waals surface area contributed by atoms with E-state index in [2.05, 4.69) is 56.2 Å². The summed E-state index contributed by atoms with van der Waals surface area (Å²) in [5.41, 5.74) is 5.62. The maximum absolute atomic E-state index is 9.05. The Labute approximate surface area is 191 Å². The van der Waals surface area contributed by atoms with Gasteiger partial charge in [-0.3, -0.25) is 4.90 Å². The minimum atomic E-state index is 0.524. The van der Waals surface area contributed by atoms with E-state index in [4.69, 9.17) is 13.0 Å². The van der Waals surface area contributed by atoms with Gasteiger partial charge >= 0.3 is 0 Å². The molecule has 0 amide bonds. The van der Waals surface area contributed by atoms with Crippen LogP contribution in [0.1, 0.15) is 18.1 Å². The van der Waals surface area contributed by atoms with Gasteiger partial charge in [0.1, 0.15) is 5.82 Å². The second kappa shape index (κ2) is 8.38. The van der Waals surface area contributed by atoms with Gasteiger partial charge in [-0.1, -0.05) is 57.9 Å². The van der Waals surface area contributed by atoms with Crippen LogP contribution in [0.5, 0.6) is 0 Å². The van der Waals surface area contributed by atoms with E-state index in [1.807, 2.05) is 41.3 Å². The second-order valence-corrected chi connectivity index (χ2v) is 8.95. The van der Waals surface area contributed by atoms with E-state index in [1.165, 1.54) is 5.56 Å². The first kappa shape index (κ1) is 18.4. The summed E-state index contributed by atoms with van der Waals surface area (Å²) in [6.07, 6.45) is 4.56. The number of rotatable bonds is 4. The van der Waals surface area contributed by atoms with Crippen LogP contribution in [0.3, 0.4) is 0 Å². The first-order valence-electron chi connectivity index (χ1n) is 10.4. The lowest BCUT2D eigenvalue weighted by molar-refractivity contribution is 0.317. The summed E-state index contributed by atoms with van der Waals surface area (Å²) in [5, 5.41) is 0.754. The molecule has 2 aromatic carbocycles. The summed E-state index contributed by atoms with van der Waals surface area (Å²) in [6.45, 7) is 2.97. The highest BCUT2D eigenvalue weighted by molar-refractivity contribution is 9.10. The Hall–Kier alpha value is -2.40. The number of nitrogens with zero attached hydrogens (tertiary/aromatic N) is 3. The van der Waals surface area contributed by atoms with Crippen LogP contribution in [0.25, 0.3) is 5.57 Å². The van der Waals surface area contributed by atoms with Gasteiger partial charge in [0.2, 0.25) is 0 Å². The third kappa shape index (κ3) is 4.08. The van der Waals surface area contributed by atoms with Gasteiger partial charge in [-0.25, -0.2) is 4.98 Å². The first-order valence-corrected chi connectivity index (χ1v) is 11.1. The average molecular weight is 480 g/mol. The van der Waals surface area contributed by atoms with Crippen molar-refractivity contribution in [2.45, 2.75) is 13.1 Å². The number of hydrogen-bond donors (Lipinski definition) is 0. The molecule has 2 aliphatic heterocycles. The highest BCUT2D eigenvalue weighted by atomic mass is 79.9. The highest BCUT2D eigenvalue weighted by Crippen LogP contribution is 2.38. The molecule has 0 aliphatic carbocycles. The van der Waals surface area contributed by atoms with Gasteiger partial charge in [-0.2, -0.15) is 0 Å². The summed E-state index contributed by atoms with van der Waals surface area (Å²) in [7, 11) is 0. The smallest absolute Gasteiger partial charge is 0.140 e. The van der Waals surface area contributed by atoms with Crippen molar-refractivity contribution in [3.63, 3.8) is 0 Å². The molecule has 3 heterocycles. The minimum absolute atomic E-state index is 0.524. The standard InChI is InChI=1S/C25H21BrClN3/c26-21-8-6-18(7-9-21)15-30-17-20-16-29(14-19-3-1-4-22(27)13-19)12-10-23(20)24-5-2-11-28-25(24)30/h1-11,13,17H,12,14-16H2/i17D. The Morgan fingerprint density at radius 2 is 1.90 bits per heavy atom. The van der Waals surface area contributed by atoms with E-state index in [1.54, 1.807) is 6.20 Å². The van der Waals surface area contributed by atoms with E-state index < -0.39 is 0 Å². The molecule has 3 nitrogen and oxygen atoms in total. The van der Waals surface area contributed by atoms with Crippen molar-refractivity contribution in [2.75, 3.05) is 18.0 Å². The van der Waals surface area contributed by atoms with Crippen LogP contribution >= 0.6 is 27.5 Å². The molecule has 0 atom stereocenters. The second-order valence-electron chi connectivity index (χ2n) is 7.59. The van der Waals surface area contributed by atoms with Crippen LogP contribution in [0.15, 0.2) is 89.2 Å². The summed E-state index contributed by atoms with van der Waals surface area (Å²) in [4.78, 5) is 9.01. The van der Waals surface area contributed by atoms with E-state index >= 15 is 0 Å². The third-order valence-corrected chi connectivity index (χ3v) is 6.18. The first-order chi connectivity index (χ1) is 15.1. The lowest BCUT2D eigenvalue weighted by Crippen LogP contribution is -2.33. The highest BCUT2D eigenvalue weighted by Gasteiger charge is 2.27. The lowest BCUT2D eigenvalue weighted by atomic mass is 9.92. The maximum Gasteiger partial charge on any atom is 0.140 e. The Kier molecular flexibility index (Phi) is 5.14. The number of pyridine rings is 1. The number of hydrogen-bond acceptors (Lipinski definition) is 3. The summed E-state index contributed by atoms with van der Waals surface area (Å²) in [5.74, 6) is 0.855. The molecule has 5 rings (SSSR count). The van der Waals surface area contributed by atoms with Crippen molar-refractivity contribution in [3.05, 3.63) is 111 Å². The Morgan fingerprint density at radius 1 is 1.03 bits per heavy atom. The zero-order chi connectivity index (χ0) is 21.4. The maximum atomic E-state index is 9.05. The van der Waals surface area contributed by atoms with Crippen LogP contribution in [-0.2, 0) is 13.1 Å². The molecule has 0 bridgehead atoms. The molecule has 0 saturated heterocycles. The largest absolute Gasteiger partial charge is 0.328 e. The molecule has 0 N–H and O–H groups in total. The fraction of sp³-hybridized carbons (Fsp3) is 0.160. The minimum Gasteiger partial charge on any atom is -0.328 e. The molecule has 5 heteroatoms. The third-order valence-electron chi connectivity index (χ3n) is 5.41. The summed E-state index contributed by atoms with van der Waals surface area (Å²) in [6, 6.07) is 20.3. The van der Waals surface area contributed by atoms with Crippen molar-refractivity contribution in [1.29, 1.82) is 0 Å². The van der Waals surface area contributed by atoms with Gasteiger partial charge in [-0.05, 0) is 58.7 Å². The van der Waals surface area contributed by atoms with Crippen molar-refractivity contribution in [2.24, 2.45) is 0 Å². The molecule has 150 valence electrons. The van der Waals surface area contributed by atoms with E-state index in [0.717, 1.165) is 57.2 Å². The van der Waals surface area contributed by atoms with E-state index in [0.29, 0.717) is 12.7 Å². The number of benzene rings is 2. The van der Waals surface area contributed by atoms with Crippen molar-refractivity contribution >= 4 is 38.9 Å². The summed E-state index contributed by atoms with van der Waals surface area (Å²) < 4.78 is 10.1. The monoisotopic (exact) mass is 478 g/mol. The molecule has 0 spiro atoms. The average Bonchev–Trinajstić information content (AvgIpc) is 2.78. The van der Waals surface area contributed by atoms with Gasteiger partial charge in [0.05, 0.1) is 1.37 Å². The number of fused-ring (bicyclic) bond motifs is 3. The van der Waals surface area contributed by atoms with Gasteiger partial charge < -0.3 is 4.90 Å².